The average Bonchev–Trinajstić information content (AvgIpc) is 3.21. The number of non-ortho nitro benzene ring substituents is 1. The van der Waals surface area contributed by atoms with Crippen LogP contribution in [-0.2, 0) is 6.42 Å². The number of benzene rings is 3. The number of rotatable bonds is 6. The van der Waals surface area contributed by atoms with E-state index in [-0.39, 0.29) is 11.4 Å². The zero-order valence-corrected chi connectivity index (χ0v) is 16.7. The van der Waals surface area contributed by atoms with Crippen molar-refractivity contribution >= 4 is 34.8 Å². The number of aromatic nitrogens is 1. The summed E-state index contributed by atoms with van der Waals surface area (Å²) in [5.74, 6) is 0.391. The molecule has 1 aromatic heterocycles. The first-order valence-corrected chi connectivity index (χ1v) is 9.71. The van der Waals surface area contributed by atoms with E-state index in [2.05, 4.69) is 16.9 Å². The fourth-order valence-corrected chi connectivity index (χ4v) is 3.07. The van der Waals surface area contributed by atoms with Gasteiger partial charge in [-0.05, 0) is 66.1 Å². The topological polar surface area (TPSA) is 102 Å². The summed E-state index contributed by atoms with van der Waals surface area (Å²) in [6, 6.07) is 17.0. The van der Waals surface area contributed by atoms with Crippen molar-refractivity contribution in [2.24, 2.45) is 4.99 Å². The van der Waals surface area contributed by atoms with Crippen LogP contribution in [0.1, 0.15) is 18.1 Å². The molecule has 154 valence electrons. The van der Waals surface area contributed by atoms with Gasteiger partial charge in [0.05, 0.1) is 16.2 Å². The fourth-order valence-electron chi connectivity index (χ4n) is 3.07. The Labute approximate surface area is 178 Å². The first kappa shape index (κ1) is 20.0. The zero-order chi connectivity index (χ0) is 21.8. The fraction of sp³-hybridized carbons (Fsp3) is 0.0833. The number of phenols is 1. The van der Waals surface area contributed by atoms with Gasteiger partial charge in [-0.25, -0.2) is 4.98 Å². The normalized spacial score (nSPS) is 11.6. The van der Waals surface area contributed by atoms with Gasteiger partial charge in [-0.3, -0.25) is 15.1 Å². The summed E-state index contributed by atoms with van der Waals surface area (Å²) in [5.41, 5.74) is 4.52. The molecule has 4 rings (SSSR count). The third-order valence-corrected chi connectivity index (χ3v) is 4.77. The third-order valence-electron chi connectivity index (χ3n) is 4.77. The van der Waals surface area contributed by atoms with Crippen LogP contribution in [-0.4, -0.2) is 21.2 Å². The van der Waals surface area contributed by atoms with Gasteiger partial charge in [-0.1, -0.05) is 19.1 Å². The van der Waals surface area contributed by atoms with E-state index in [9.17, 15) is 15.2 Å². The van der Waals surface area contributed by atoms with Crippen LogP contribution in [0, 0.1) is 10.1 Å². The van der Waals surface area contributed by atoms with Crippen LogP contribution in [0.5, 0.6) is 5.75 Å². The number of allylic oxidation sites excluding steroid dienone is 1. The number of nitrogens with zero attached hydrogens (tertiary/aromatic N) is 3. The molecule has 1 N–H and O–H groups in total. The number of phenolic OH excluding ortho intramolecular Hbond substituents is 1. The van der Waals surface area contributed by atoms with Crippen LogP contribution >= 0.6 is 0 Å². The van der Waals surface area contributed by atoms with Crippen LogP contribution in [0.15, 0.2) is 76.1 Å². The summed E-state index contributed by atoms with van der Waals surface area (Å²) < 4.78 is 5.81. The van der Waals surface area contributed by atoms with Crippen molar-refractivity contribution in [3.63, 3.8) is 0 Å². The van der Waals surface area contributed by atoms with Gasteiger partial charge in [0.15, 0.2) is 5.58 Å². The molecule has 0 aliphatic carbocycles. The number of hydrogen-bond acceptors (Lipinski definition) is 6. The molecule has 7 heteroatoms. The van der Waals surface area contributed by atoms with Crippen molar-refractivity contribution in [2.45, 2.75) is 13.3 Å². The second kappa shape index (κ2) is 8.62. The highest BCUT2D eigenvalue weighted by Gasteiger charge is 2.13. The predicted octanol–water partition coefficient (Wildman–Crippen LogP) is 6.09. The van der Waals surface area contributed by atoms with Crippen LogP contribution < -0.4 is 0 Å². The Hall–Kier alpha value is -4.26. The van der Waals surface area contributed by atoms with E-state index in [1.807, 2.05) is 18.2 Å². The quantitative estimate of drug-likeness (QED) is 0.234. The Morgan fingerprint density at radius 2 is 1.94 bits per heavy atom. The van der Waals surface area contributed by atoms with Crippen LogP contribution in [0.25, 0.3) is 28.6 Å². The molecule has 3 aromatic carbocycles. The second-order valence-electron chi connectivity index (χ2n) is 6.86. The molecule has 4 aromatic rings. The van der Waals surface area contributed by atoms with Crippen LogP contribution in [0.4, 0.5) is 11.4 Å². The van der Waals surface area contributed by atoms with Gasteiger partial charge in [-0.15, -0.1) is 0 Å². The van der Waals surface area contributed by atoms with E-state index in [0.29, 0.717) is 22.7 Å². The van der Waals surface area contributed by atoms with Gasteiger partial charge in [0.2, 0.25) is 5.89 Å². The van der Waals surface area contributed by atoms with Crippen molar-refractivity contribution in [1.29, 1.82) is 0 Å². The van der Waals surface area contributed by atoms with Crippen molar-refractivity contribution < 1.29 is 14.4 Å². The number of aliphatic imine (C=N–C) groups is 1. The maximum Gasteiger partial charge on any atom is 0.269 e. The number of nitro groups is 1. The second-order valence-corrected chi connectivity index (χ2v) is 6.86. The van der Waals surface area contributed by atoms with Gasteiger partial charge in [-0.2, -0.15) is 0 Å². The molecule has 0 fully saturated rings. The molecule has 0 amide bonds. The van der Waals surface area contributed by atoms with E-state index in [0.717, 1.165) is 23.1 Å². The lowest BCUT2D eigenvalue weighted by atomic mass is 10.1. The minimum Gasteiger partial charge on any atom is -0.507 e. The Morgan fingerprint density at radius 1 is 1.13 bits per heavy atom. The van der Waals surface area contributed by atoms with Gasteiger partial charge >= 0.3 is 0 Å². The number of aromatic hydroxyl groups is 1. The summed E-state index contributed by atoms with van der Waals surface area (Å²) in [7, 11) is 0. The highest BCUT2D eigenvalue weighted by molar-refractivity contribution is 5.82. The van der Waals surface area contributed by atoms with E-state index >= 15 is 0 Å². The van der Waals surface area contributed by atoms with Gasteiger partial charge in [0, 0.05) is 18.3 Å². The first-order valence-electron chi connectivity index (χ1n) is 9.71. The van der Waals surface area contributed by atoms with Gasteiger partial charge in [0.25, 0.3) is 5.69 Å². The molecule has 1 heterocycles. The Morgan fingerprint density at radius 3 is 2.68 bits per heavy atom. The van der Waals surface area contributed by atoms with E-state index in [4.69, 9.17) is 4.42 Å². The van der Waals surface area contributed by atoms with Crippen LogP contribution in [0.2, 0.25) is 0 Å². The maximum absolute atomic E-state index is 10.7. The lowest BCUT2D eigenvalue weighted by molar-refractivity contribution is -0.384. The average molecular weight is 413 g/mol. The molecular weight excluding hydrogens is 394 g/mol. The molecule has 7 nitrogen and oxygen atoms in total. The number of nitro benzene ring substituents is 1. The van der Waals surface area contributed by atoms with Crippen molar-refractivity contribution in [3.8, 4) is 17.2 Å². The molecule has 0 saturated heterocycles. The summed E-state index contributed by atoms with van der Waals surface area (Å²) in [4.78, 5) is 19.2. The lowest BCUT2D eigenvalue weighted by Crippen LogP contribution is -1.86. The van der Waals surface area contributed by atoms with Crippen LogP contribution in [0.3, 0.4) is 0 Å². The van der Waals surface area contributed by atoms with E-state index in [1.54, 1.807) is 48.7 Å². The summed E-state index contributed by atoms with van der Waals surface area (Å²) in [5, 5.41) is 21.0. The molecule has 31 heavy (non-hydrogen) atoms. The monoisotopic (exact) mass is 413 g/mol. The molecule has 0 aliphatic heterocycles. The third kappa shape index (κ3) is 4.51. The summed E-state index contributed by atoms with van der Waals surface area (Å²) in [6.45, 7) is 2.07. The highest BCUT2D eigenvalue weighted by atomic mass is 16.6. The SMILES string of the molecule is CCc1ccc2oc(-c3cc(N=C/C=C/c4ccc([N+](=O)[O-])cc4)ccc3O)nc2c1. The van der Waals surface area contributed by atoms with Gasteiger partial charge < -0.3 is 9.52 Å². The summed E-state index contributed by atoms with van der Waals surface area (Å²) in [6.07, 6.45) is 6.04. The smallest absolute Gasteiger partial charge is 0.269 e. The Balaban J connectivity index is 1.54. The molecule has 0 atom stereocenters. The molecule has 0 radical (unpaired) electrons. The number of oxazole rings is 1. The molecule has 0 unspecified atom stereocenters. The Kier molecular flexibility index (Phi) is 5.57. The van der Waals surface area contributed by atoms with E-state index < -0.39 is 4.92 Å². The van der Waals surface area contributed by atoms with E-state index in [1.165, 1.54) is 12.1 Å². The number of fused-ring (bicyclic) bond motifs is 1. The predicted molar refractivity (Wildman–Crippen MR) is 121 cm³/mol. The molecular formula is C24H19N3O4. The summed E-state index contributed by atoms with van der Waals surface area (Å²) >= 11 is 0. The minimum absolute atomic E-state index is 0.0487. The highest BCUT2D eigenvalue weighted by Crippen LogP contribution is 2.34. The maximum atomic E-state index is 10.7. The molecule has 0 spiro atoms. The largest absolute Gasteiger partial charge is 0.507 e. The lowest BCUT2D eigenvalue weighted by Gasteiger charge is -2.01. The molecule has 0 aliphatic rings. The number of aryl methyl sites for hydroxylation is 1. The zero-order valence-electron chi connectivity index (χ0n) is 16.7. The van der Waals surface area contributed by atoms with Crippen molar-refractivity contribution in [1.82, 2.24) is 4.98 Å². The molecule has 0 bridgehead atoms. The first-order chi connectivity index (χ1) is 15.0. The van der Waals surface area contributed by atoms with Gasteiger partial charge in [0.1, 0.15) is 11.3 Å². The van der Waals surface area contributed by atoms with Crippen molar-refractivity contribution in [3.05, 3.63) is 88.0 Å². The minimum atomic E-state index is -0.434. The Bertz CT molecular complexity index is 1300. The standard InChI is InChI=1S/C24H19N3O4/c1-2-16-7-12-23-21(14-16)26-24(31-23)20-15-18(8-11-22(20)28)25-13-3-4-17-5-9-19(10-6-17)27(29)30/h3-15,28H,2H2,1H3/b4-3+,25-13?. The number of hydrogen-bond donors (Lipinski definition) is 1. The van der Waals surface area contributed by atoms with Crippen molar-refractivity contribution in [2.75, 3.05) is 0 Å². The molecule has 0 saturated carbocycles.